The van der Waals surface area contributed by atoms with Gasteiger partial charge < -0.3 is 15.2 Å². The number of aromatic nitrogens is 1. The third-order valence-electron chi connectivity index (χ3n) is 4.68. The van der Waals surface area contributed by atoms with Crippen LogP contribution in [0.15, 0.2) is 48.8 Å². The van der Waals surface area contributed by atoms with Gasteiger partial charge in [-0.15, -0.1) is 0 Å². The molecular formula is C20H26N2O3. The summed E-state index contributed by atoms with van der Waals surface area (Å²) < 4.78 is 5.91. The maximum absolute atomic E-state index is 11.6. The second-order valence-electron chi connectivity index (χ2n) is 6.15. The molecule has 5 nitrogen and oxygen atoms in total. The number of carboxylic acid groups (broad SMARTS) is 1. The third-order valence-corrected chi connectivity index (χ3v) is 4.68. The number of ether oxygens (including phenoxy) is 1. The van der Waals surface area contributed by atoms with Crippen LogP contribution in [0.1, 0.15) is 37.8 Å². The molecule has 1 heterocycles. The fourth-order valence-electron chi connectivity index (χ4n) is 2.75. The van der Waals surface area contributed by atoms with Gasteiger partial charge in [-0.2, -0.15) is 0 Å². The highest BCUT2D eigenvalue weighted by atomic mass is 16.5. The summed E-state index contributed by atoms with van der Waals surface area (Å²) in [5.74, 6) is 0.0545. The molecule has 2 N–H and O–H groups in total. The van der Waals surface area contributed by atoms with Gasteiger partial charge in [-0.3, -0.25) is 9.78 Å². The molecule has 25 heavy (non-hydrogen) atoms. The molecule has 0 radical (unpaired) electrons. The van der Waals surface area contributed by atoms with Crippen molar-refractivity contribution in [3.05, 3.63) is 59.9 Å². The van der Waals surface area contributed by atoms with Crippen LogP contribution in [-0.2, 0) is 17.9 Å². The van der Waals surface area contributed by atoms with Crippen LogP contribution < -0.4 is 10.1 Å². The van der Waals surface area contributed by atoms with Crippen LogP contribution in [0.2, 0.25) is 0 Å². The number of benzene rings is 1. The smallest absolute Gasteiger partial charge is 0.310 e. The van der Waals surface area contributed by atoms with Crippen LogP contribution in [0, 0.1) is 5.41 Å². The predicted octanol–water partition coefficient (Wildman–Crippen LogP) is 3.64. The molecule has 2 rings (SSSR count). The van der Waals surface area contributed by atoms with E-state index in [9.17, 15) is 9.90 Å². The van der Waals surface area contributed by atoms with E-state index in [4.69, 9.17) is 4.74 Å². The van der Waals surface area contributed by atoms with E-state index in [0.29, 0.717) is 32.5 Å². The van der Waals surface area contributed by atoms with Gasteiger partial charge in [0.15, 0.2) is 0 Å². The van der Waals surface area contributed by atoms with Crippen molar-refractivity contribution in [3.63, 3.8) is 0 Å². The number of nitrogens with zero attached hydrogens (tertiary/aromatic N) is 1. The second kappa shape index (κ2) is 9.18. The number of nitrogens with one attached hydrogen (secondary N) is 1. The molecule has 0 bridgehead atoms. The Balaban J connectivity index is 1.97. The number of hydrogen-bond donors (Lipinski definition) is 2. The Hall–Kier alpha value is -2.40. The summed E-state index contributed by atoms with van der Waals surface area (Å²) >= 11 is 0. The summed E-state index contributed by atoms with van der Waals surface area (Å²) in [7, 11) is 0. The summed E-state index contributed by atoms with van der Waals surface area (Å²) in [5.41, 5.74) is 1.30. The number of pyridine rings is 1. The van der Waals surface area contributed by atoms with Crippen LogP contribution >= 0.6 is 0 Å². The standard InChI is InChI=1S/C20H26N2O3/c1-3-20(4-2,19(23)24)15-22-13-17-9-5-6-10-18(17)25-14-16-8-7-11-21-12-16/h5-12,22H,3-4,13-15H2,1-2H3,(H,23,24). The number of para-hydroxylation sites is 1. The van der Waals surface area contributed by atoms with Crippen LogP contribution in [0.3, 0.4) is 0 Å². The number of aliphatic carboxylic acids is 1. The molecule has 0 aliphatic heterocycles. The van der Waals surface area contributed by atoms with Gasteiger partial charge in [0.05, 0.1) is 5.41 Å². The Morgan fingerprint density at radius 3 is 2.60 bits per heavy atom. The summed E-state index contributed by atoms with van der Waals surface area (Å²) in [6.07, 6.45) is 4.72. The quantitative estimate of drug-likeness (QED) is 0.690. The molecule has 134 valence electrons. The van der Waals surface area contributed by atoms with Gasteiger partial charge >= 0.3 is 5.97 Å². The SMILES string of the molecule is CCC(CC)(CNCc1ccccc1OCc1cccnc1)C(=O)O. The molecule has 1 aromatic heterocycles. The molecule has 0 saturated carbocycles. The molecule has 0 fully saturated rings. The molecule has 0 spiro atoms. The Morgan fingerprint density at radius 1 is 1.20 bits per heavy atom. The normalized spacial score (nSPS) is 11.3. The molecule has 1 aromatic carbocycles. The predicted molar refractivity (Wildman–Crippen MR) is 97.4 cm³/mol. The number of carbonyl (C=O) groups is 1. The largest absolute Gasteiger partial charge is 0.489 e. The zero-order chi connectivity index (χ0) is 18.1. The third kappa shape index (κ3) is 5.03. The first kappa shape index (κ1) is 18.9. The van der Waals surface area contributed by atoms with Gasteiger partial charge in [0.1, 0.15) is 12.4 Å². The van der Waals surface area contributed by atoms with Crippen molar-refractivity contribution in [1.29, 1.82) is 0 Å². The highest BCUT2D eigenvalue weighted by Gasteiger charge is 2.34. The fraction of sp³-hybridized carbons (Fsp3) is 0.400. The topological polar surface area (TPSA) is 71.5 Å². The zero-order valence-corrected chi connectivity index (χ0v) is 14.9. The lowest BCUT2D eigenvalue weighted by Gasteiger charge is -2.27. The van der Waals surface area contributed by atoms with Gasteiger partial charge in [0, 0.05) is 36.6 Å². The minimum Gasteiger partial charge on any atom is -0.489 e. The van der Waals surface area contributed by atoms with E-state index >= 15 is 0 Å². The van der Waals surface area contributed by atoms with Crippen molar-refractivity contribution in [2.75, 3.05) is 6.54 Å². The Morgan fingerprint density at radius 2 is 1.96 bits per heavy atom. The van der Waals surface area contributed by atoms with Crippen LogP contribution in [0.5, 0.6) is 5.75 Å². The molecule has 0 aliphatic carbocycles. The first-order valence-corrected chi connectivity index (χ1v) is 8.65. The van der Waals surface area contributed by atoms with E-state index in [0.717, 1.165) is 16.9 Å². The van der Waals surface area contributed by atoms with E-state index in [1.165, 1.54) is 0 Å². The molecule has 2 aromatic rings. The zero-order valence-electron chi connectivity index (χ0n) is 14.9. The summed E-state index contributed by atoms with van der Waals surface area (Å²) in [5, 5.41) is 12.8. The maximum atomic E-state index is 11.6. The Labute approximate surface area is 149 Å². The van der Waals surface area contributed by atoms with E-state index < -0.39 is 11.4 Å². The number of rotatable bonds is 10. The van der Waals surface area contributed by atoms with Crippen molar-refractivity contribution in [2.24, 2.45) is 5.41 Å². The minimum absolute atomic E-state index is 0.437. The molecule has 0 amide bonds. The van der Waals surface area contributed by atoms with E-state index in [1.807, 2.05) is 50.2 Å². The maximum Gasteiger partial charge on any atom is 0.310 e. The van der Waals surface area contributed by atoms with E-state index in [2.05, 4.69) is 10.3 Å². The molecule has 5 heteroatoms. The van der Waals surface area contributed by atoms with Crippen molar-refractivity contribution in [3.8, 4) is 5.75 Å². The summed E-state index contributed by atoms with van der Waals surface area (Å²) in [6, 6.07) is 11.7. The van der Waals surface area contributed by atoms with Crippen molar-refractivity contribution < 1.29 is 14.6 Å². The van der Waals surface area contributed by atoms with Crippen molar-refractivity contribution in [2.45, 2.75) is 39.8 Å². The molecule has 0 saturated heterocycles. The lowest BCUT2D eigenvalue weighted by molar-refractivity contribution is -0.149. The first-order valence-electron chi connectivity index (χ1n) is 8.65. The van der Waals surface area contributed by atoms with Gasteiger partial charge in [-0.05, 0) is 25.0 Å². The monoisotopic (exact) mass is 342 g/mol. The molecule has 0 atom stereocenters. The van der Waals surface area contributed by atoms with Crippen LogP contribution in [0.25, 0.3) is 0 Å². The minimum atomic E-state index is -0.744. The number of carboxylic acids is 1. The van der Waals surface area contributed by atoms with E-state index in [1.54, 1.807) is 12.4 Å². The molecule has 0 aliphatic rings. The van der Waals surface area contributed by atoms with Gasteiger partial charge in [-0.1, -0.05) is 38.1 Å². The highest BCUT2D eigenvalue weighted by molar-refractivity contribution is 5.74. The van der Waals surface area contributed by atoms with E-state index in [-0.39, 0.29) is 0 Å². The second-order valence-corrected chi connectivity index (χ2v) is 6.15. The highest BCUT2D eigenvalue weighted by Crippen LogP contribution is 2.26. The Bertz CT molecular complexity index is 670. The summed E-state index contributed by atoms with van der Waals surface area (Å²) in [4.78, 5) is 15.7. The fourth-order valence-corrected chi connectivity index (χ4v) is 2.75. The summed E-state index contributed by atoms with van der Waals surface area (Å²) in [6.45, 7) is 5.30. The average molecular weight is 342 g/mol. The lowest BCUT2D eigenvalue weighted by Crippen LogP contribution is -2.40. The first-order chi connectivity index (χ1) is 12.1. The van der Waals surface area contributed by atoms with Crippen LogP contribution in [0.4, 0.5) is 0 Å². The van der Waals surface area contributed by atoms with Crippen molar-refractivity contribution >= 4 is 5.97 Å². The lowest BCUT2D eigenvalue weighted by atomic mass is 9.82. The molecule has 0 unspecified atom stereocenters. The van der Waals surface area contributed by atoms with Gasteiger partial charge in [-0.25, -0.2) is 0 Å². The van der Waals surface area contributed by atoms with Gasteiger partial charge in [0.2, 0.25) is 0 Å². The van der Waals surface area contributed by atoms with Crippen LogP contribution in [-0.4, -0.2) is 22.6 Å². The van der Waals surface area contributed by atoms with Gasteiger partial charge in [0.25, 0.3) is 0 Å². The Kier molecular flexibility index (Phi) is 6.95. The number of hydrogen-bond acceptors (Lipinski definition) is 4. The molecular weight excluding hydrogens is 316 g/mol. The van der Waals surface area contributed by atoms with Crippen molar-refractivity contribution in [1.82, 2.24) is 10.3 Å². The average Bonchev–Trinajstić information content (AvgIpc) is 2.65.